The van der Waals surface area contributed by atoms with E-state index in [0.717, 1.165) is 17.0 Å². The first-order chi connectivity index (χ1) is 10.1. The number of carboxylic acid groups (broad SMARTS) is 1. The summed E-state index contributed by atoms with van der Waals surface area (Å²) >= 11 is 0. The summed E-state index contributed by atoms with van der Waals surface area (Å²) in [5, 5.41) is 25.4. The molecule has 0 aromatic carbocycles. The number of carbonyl (C=O) groups is 1. The van der Waals surface area contributed by atoms with Crippen LogP contribution < -0.4 is 0 Å². The number of hydrogen-bond acceptors (Lipinski definition) is 5. The minimum absolute atomic E-state index is 0.0886. The number of nitrogens with zero attached hydrogens (tertiary/aromatic N) is 6. The van der Waals surface area contributed by atoms with Crippen LogP contribution in [0.5, 0.6) is 0 Å². The number of aromatic nitrogens is 6. The molecule has 0 saturated heterocycles. The van der Waals surface area contributed by atoms with E-state index in [1.165, 1.54) is 6.33 Å². The summed E-state index contributed by atoms with van der Waals surface area (Å²) in [7, 11) is 0. The van der Waals surface area contributed by atoms with E-state index in [0.29, 0.717) is 17.9 Å². The Kier molecular flexibility index (Phi) is 3.13. The molecule has 8 heteroatoms. The van der Waals surface area contributed by atoms with Gasteiger partial charge in [-0.15, -0.1) is 15.3 Å². The third-order valence-corrected chi connectivity index (χ3v) is 3.39. The fourth-order valence-corrected chi connectivity index (χ4v) is 2.32. The van der Waals surface area contributed by atoms with Gasteiger partial charge in [-0.3, -0.25) is 4.79 Å². The molecule has 3 rings (SSSR count). The van der Waals surface area contributed by atoms with Gasteiger partial charge >= 0.3 is 5.97 Å². The monoisotopic (exact) mass is 286 g/mol. The van der Waals surface area contributed by atoms with E-state index in [1.54, 1.807) is 9.20 Å². The Morgan fingerprint density at radius 3 is 2.86 bits per heavy atom. The fraction of sp³-hybridized carbons (Fsp3) is 0.308. The largest absolute Gasteiger partial charge is 0.481 e. The van der Waals surface area contributed by atoms with Crippen LogP contribution in [0.25, 0.3) is 11.5 Å². The van der Waals surface area contributed by atoms with Gasteiger partial charge in [0.2, 0.25) is 0 Å². The van der Waals surface area contributed by atoms with Crippen LogP contribution >= 0.6 is 0 Å². The molecule has 0 aliphatic heterocycles. The summed E-state index contributed by atoms with van der Waals surface area (Å²) in [6.07, 6.45) is 2.07. The molecule has 0 saturated carbocycles. The standard InChI is InChI=1S/C13H14N6O2/c1-8-10(3-6-13(20)21)9(2)19(16-8)12-5-4-11-15-14-7-18(11)17-12/h4-5,7H,3,6H2,1-2H3,(H,20,21). The number of aryl methyl sites for hydroxylation is 1. The van der Waals surface area contributed by atoms with E-state index in [2.05, 4.69) is 20.4 Å². The number of fused-ring (bicyclic) bond motifs is 1. The molecule has 0 aliphatic carbocycles. The first-order valence-corrected chi connectivity index (χ1v) is 6.50. The highest BCUT2D eigenvalue weighted by Gasteiger charge is 2.15. The van der Waals surface area contributed by atoms with E-state index < -0.39 is 5.97 Å². The normalized spacial score (nSPS) is 11.1. The zero-order valence-corrected chi connectivity index (χ0v) is 11.7. The van der Waals surface area contributed by atoms with Crippen molar-refractivity contribution in [3.8, 4) is 5.82 Å². The molecule has 0 atom stereocenters. The van der Waals surface area contributed by atoms with Gasteiger partial charge in [-0.25, -0.2) is 4.68 Å². The highest BCUT2D eigenvalue weighted by Crippen LogP contribution is 2.18. The molecule has 0 amide bonds. The van der Waals surface area contributed by atoms with Gasteiger partial charge in [0.15, 0.2) is 11.5 Å². The maximum atomic E-state index is 10.7. The lowest BCUT2D eigenvalue weighted by molar-refractivity contribution is -0.136. The summed E-state index contributed by atoms with van der Waals surface area (Å²) in [6.45, 7) is 3.78. The SMILES string of the molecule is Cc1nn(-c2ccc3nncn3n2)c(C)c1CCC(=O)O. The lowest BCUT2D eigenvalue weighted by Crippen LogP contribution is -2.05. The van der Waals surface area contributed by atoms with E-state index in [-0.39, 0.29) is 6.42 Å². The van der Waals surface area contributed by atoms with Crippen LogP contribution in [0.1, 0.15) is 23.4 Å². The minimum atomic E-state index is -0.814. The Hall–Kier alpha value is -2.77. The molecule has 0 aliphatic rings. The molecule has 0 spiro atoms. The molecule has 0 radical (unpaired) electrons. The van der Waals surface area contributed by atoms with Crippen molar-refractivity contribution < 1.29 is 9.90 Å². The van der Waals surface area contributed by atoms with Crippen LogP contribution in [-0.2, 0) is 11.2 Å². The Morgan fingerprint density at radius 1 is 1.29 bits per heavy atom. The fourth-order valence-electron chi connectivity index (χ4n) is 2.32. The number of hydrogen-bond donors (Lipinski definition) is 1. The lowest BCUT2D eigenvalue weighted by atomic mass is 10.1. The predicted molar refractivity (Wildman–Crippen MR) is 73.3 cm³/mol. The predicted octanol–water partition coefficient (Wildman–Crippen LogP) is 0.944. The van der Waals surface area contributed by atoms with Crippen molar-refractivity contribution in [1.82, 2.24) is 29.6 Å². The molecule has 3 heterocycles. The van der Waals surface area contributed by atoms with Crippen molar-refractivity contribution in [3.63, 3.8) is 0 Å². The van der Waals surface area contributed by atoms with Gasteiger partial charge in [0, 0.05) is 12.1 Å². The summed E-state index contributed by atoms with van der Waals surface area (Å²) in [5.41, 5.74) is 3.32. The van der Waals surface area contributed by atoms with E-state index in [4.69, 9.17) is 5.11 Å². The van der Waals surface area contributed by atoms with E-state index >= 15 is 0 Å². The first kappa shape index (κ1) is 13.2. The second-order valence-corrected chi connectivity index (χ2v) is 4.78. The van der Waals surface area contributed by atoms with Crippen LogP contribution in [0.3, 0.4) is 0 Å². The topological polar surface area (TPSA) is 98.2 Å². The third kappa shape index (κ3) is 2.35. The van der Waals surface area contributed by atoms with E-state index in [1.807, 2.05) is 26.0 Å². The summed E-state index contributed by atoms with van der Waals surface area (Å²) in [5.74, 6) is -0.171. The Balaban J connectivity index is 2.01. The van der Waals surface area contributed by atoms with Crippen LogP contribution in [0.15, 0.2) is 18.5 Å². The molecule has 21 heavy (non-hydrogen) atoms. The number of carboxylic acids is 1. The molecule has 3 aromatic heterocycles. The molecule has 8 nitrogen and oxygen atoms in total. The van der Waals surface area contributed by atoms with Crippen molar-refractivity contribution in [2.24, 2.45) is 0 Å². The molecular weight excluding hydrogens is 272 g/mol. The average Bonchev–Trinajstić information content (AvgIpc) is 3.01. The van der Waals surface area contributed by atoms with Gasteiger partial charge < -0.3 is 5.11 Å². The lowest BCUT2D eigenvalue weighted by Gasteiger charge is -2.04. The van der Waals surface area contributed by atoms with Crippen molar-refractivity contribution >= 4 is 11.6 Å². The van der Waals surface area contributed by atoms with Crippen molar-refractivity contribution in [2.75, 3.05) is 0 Å². The van der Waals surface area contributed by atoms with E-state index in [9.17, 15) is 4.79 Å². The van der Waals surface area contributed by atoms with Gasteiger partial charge in [-0.1, -0.05) is 0 Å². The molecule has 0 unspecified atom stereocenters. The Bertz CT molecular complexity index is 819. The van der Waals surface area contributed by atoms with Gasteiger partial charge in [0.05, 0.1) is 5.69 Å². The van der Waals surface area contributed by atoms with Gasteiger partial charge in [-0.05, 0) is 38.0 Å². The highest BCUT2D eigenvalue weighted by atomic mass is 16.4. The number of aliphatic carboxylic acids is 1. The molecule has 1 N–H and O–H groups in total. The third-order valence-electron chi connectivity index (χ3n) is 3.39. The average molecular weight is 286 g/mol. The Morgan fingerprint density at radius 2 is 2.10 bits per heavy atom. The van der Waals surface area contributed by atoms with Gasteiger partial charge in [0.1, 0.15) is 6.33 Å². The molecule has 108 valence electrons. The molecular formula is C13H14N6O2. The maximum absolute atomic E-state index is 10.7. The minimum Gasteiger partial charge on any atom is -0.481 e. The maximum Gasteiger partial charge on any atom is 0.303 e. The zero-order valence-electron chi connectivity index (χ0n) is 11.7. The zero-order chi connectivity index (χ0) is 15.0. The van der Waals surface area contributed by atoms with Crippen molar-refractivity contribution in [2.45, 2.75) is 26.7 Å². The first-order valence-electron chi connectivity index (χ1n) is 6.50. The van der Waals surface area contributed by atoms with Crippen molar-refractivity contribution in [3.05, 3.63) is 35.4 Å². The summed E-state index contributed by atoms with van der Waals surface area (Å²) < 4.78 is 3.29. The molecule has 0 fully saturated rings. The second kappa shape index (κ2) is 4.97. The second-order valence-electron chi connectivity index (χ2n) is 4.78. The van der Waals surface area contributed by atoms with Crippen LogP contribution in [0.2, 0.25) is 0 Å². The van der Waals surface area contributed by atoms with Gasteiger partial charge in [0.25, 0.3) is 0 Å². The molecule has 3 aromatic rings. The molecule has 0 bridgehead atoms. The Labute approximate surface area is 120 Å². The quantitative estimate of drug-likeness (QED) is 0.766. The van der Waals surface area contributed by atoms with Gasteiger partial charge in [-0.2, -0.15) is 9.61 Å². The highest BCUT2D eigenvalue weighted by molar-refractivity contribution is 5.67. The van der Waals surface area contributed by atoms with Crippen molar-refractivity contribution in [1.29, 1.82) is 0 Å². The number of rotatable bonds is 4. The summed E-state index contributed by atoms with van der Waals surface area (Å²) in [4.78, 5) is 10.7. The smallest absolute Gasteiger partial charge is 0.303 e. The summed E-state index contributed by atoms with van der Waals surface area (Å²) in [6, 6.07) is 3.62. The van der Waals surface area contributed by atoms with Crippen LogP contribution in [-0.4, -0.2) is 40.7 Å². The van der Waals surface area contributed by atoms with Crippen LogP contribution in [0, 0.1) is 13.8 Å². The van der Waals surface area contributed by atoms with Crippen LogP contribution in [0.4, 0.5) is 0 Å².